The molecule has 0 amide bonds. The first-order valence-electron chi connectivity index (χ1n) is 7.28. The molecule has 1 atom stereocenters. The maximum absolute atomic E-state index is 11.8. The van der Waals surface area contributed by atoms with Crippen molar-refractivity contribution in [2.24, 2.45) is 11.8 Å². The van der Waals surface area contributed by atoms with Crippen molar-refractivity contribution < 1.29 is 9.53 Å². The highest BCUT2D eigenvalue weighted by atomic mass is 16.5. The summed E-state index contributed by atoms with van der Waals surface area (Å²) in [6, 6.07) is 0. The average molecular weight is 242 g/mol. The zero-order valence-corrected chi connectivity index (χ0v) is 12.1. The highest BCUT2D eigenvalue weighted by Crippen LogP contribution is 2.16. The van der Waals surface area contributed by atoms with Crippen molar-refractivity contribution in [1.29, 1.82) is 0 Å². The van der Waals surface area contributed by atoms with E-state index in [1.165, 1.54) is 19.3 Å². The minimum Gasteiger partial charge on any atom is -0.465 e. The maximum Gasteiger partial charge on any atom is 0.308 e. The molecule has 2 heteroatoms. The van der Waals surface area contributed by atoms with Crippen molar-refractivity contribution in [3.05, 3.63) is 0 Å². The number of carbonyl (C=O) groups is 1. The maximum atomic E-state index is 11.8. The smallest absolute Gasteiger partial charge is 0.308 e. The Morgan fingerprint density at radius 1 is 1.06 bits per heavy atom. The lowest BCUT2D eigenvalue weighted by Gasteiger charge is -2.14. The van der Waals surface area contributed by atoms with Crippen LogP contribution in [0.25, 0.3) is 0 Å². The predicted octanol–water partition coefficient (Wildman–Crippen LogP) is 4.57. The molecule has 0 saturated heterocycles. The summed E-state index contributed by atoms with van der Waals surface area (Å²) >= 11 is 0. The van der Waals surface area contributed by atoms with Gasteiger partial charge in [-0.25, -0.2) is 0 Å². The van der Waals surface area contributed by atoms with E-state index in [0.29, 0.717) is 12.5 Å². The Morgan fingerprint density at radius 3 is 2.29 bits per heavy atom. The van der Waals surface area contributed by atoms with Gasteiger partial charge in [0, 0.05) is 0 Å². The van der Waals surface area contributed by atoms with Gasteiger partial charge in [-0.3, -0.25) is 4.79 Å². The Hall–Kier alpha value is -0.530. The summed E-state index contributed by atoms with van der Waals surface area (Å²) in [5, 5.41) is 0. The molecule has 0 bridgehead atoms. The second kappa shape index (κ2) is 10.6. The van der Waals surface area contributed by atoms with Crippen LogP contribution >= 0.6 is 0 Å². The molecule has 0 spiro atoms. The van der Waals surface area contributed by atoms with E-state index in [9.17, 15) is 4.79 Å². The fourth-order valence-electron chi connectivity index (χ4n) is 1.82. The van der Waals surface area contributed by atoms with Crippen molar-refractivity contribution in [3.8, 4) is 0 Å². The van der Waals surface area contributed by atoms with Crippen LogP contribution in [-0.2, 0) is 9.53 Å². The monoisotopic (exact) mass is 242 g/mol. The van der Waals surface area contributed by atoms with Gasteiger partial charge in [0.2, 0.25) is 0 Å². The average Bonchev–Trinajstić information content (AvgIpc) is 2.28. The van der Waals surface area contributed by atoms with Crippen LogP contribution in [-0.4, -0.2) is 12.6 Å². The fourth-order valence-corrected chi connectivity index (χ4v) is 1.82. The molecule has 17 heavy (non-hydrogen) atoms. The number of ether oxygens (including phenoxy) is 1. The summed E-state index contributed by atoms with van der Waals surface area (Å²) in [6.07, 6.45) is 7.80. The second-order valence-electron chi connectivity index (χ2n) is 5.30. The van der Waals surface area contributed by atoms with E-state index in [1.807, 2.05) is 0 Å². The number of hydrogen-bond acceptors (Lipinski definition) is 2. The third kappa shape index (κ3) is 9.20. The molecule has 0 aliphatic heterocycles. The molecule has 2 nitrogen and oxygen atoms in total. The van der Waals surface area contributed by atoms with E-state index in [0.717, 1.165) is 25.7 Å². The number of unbranched alkanes of at least 4 members (excludes halogenated alkanes) is 3. The first-order chi connectivity index (χ1) is 8.11. The van der Waals surface area contributed by atoms with Gasteiger partial charge in [0.05, 0.1) is 12.5 Å². The van der Waals surface area contributed by atoms with Crippen molar-refractivity contribution in [2.45, 2.75) is 72.6 Å². The Morgan fingerprint density at radius 2 is 1.76 bits per heavy atom. The fraction of sp³-hybridized carbons (Fsp3) is 0.933. The zero-order chi connectivity index (χ0) is 13.1. The summed E-state index contributed by atoms with van der Waals surface area (Å²) in [5.74, 6) is 0.746. The number of carbonyl (C=O) groups excluding carboxylic acids is 1. The van der Waals surface area contributed by atoms with Gasteiger partial charge in [-0.15, -0.1) is 0 Å². The van der Waals surface area contributed by atoms with Crippen molar-refractivity contribution in [1.82, 2.24) is 0 Å². The molecular formula is C15H30O2. The minimum absolute atomic E-state index is 0.0182. The van der Waals surface area contributed by atoms with Crippen LogP contribution < -0.4 is 0 Å². The lowest BCUT2D eigenvalue weighted by Crippen LogP contribution is -2.18. The predicted molar refractivity (Wildman–Crippen MR) is 73.0 cm³/mol. The van der Waals surface area contributed by atoms with Crippen LogP contribution in [0.2, 0.25) is 0 Å². The van der Waals surface area contributed by atoms with Crippen LogP contribution in [0.1, 0.15) is 72.6 Å². The summed E-state index contributed by atoms with van der Waals surface area (Å²) in [4.78, 5) is 11.8. The molecule has 0 rings (SSSR count). The van der Waals surface area contributed by atoms with Gasteiger partial charge in [-0.1, -0.05) is 53.4 Å². The lowest BCUT2D eigenvalue weighted by atomic mass is 9.98. The summed E-state index contributed by atoms with van der Waals surface area (Å²) in [5.41, 5.74) is 0. The van der Waals surface area contributed by atoms with E-state index in [1.54, 1.807) is 0 Å². The third-order valence-corrected chi connectivity index (χ3v) is 3.17. The summed E-state index contributed by atoms with van der Waals surface area (Å²) < 4.78 is 5.32. The Labute approximate surface area is 107 Å². The number of hydrogen-bond donors (Lipinski definition) is 0. The van der Waals surface area contributed by atoms with E-state index in [-0.39, 0.29) is 11.9 Å². The van der Waals surface area contributed by atoms with Crippen LogP contribution in [0, 0.1) is 11.8 Å². The third-order valence-electron chi connectivity index (χ3n) is 3.17. The Kier molecular flexibility index (Phi) is 10.3. The molecule has 0 N–H and O–H groups in total. The van der Waals surface area contributed by atoms with Crippen LogP contribution in [0.3, 0.4) is 0 Å². The van der Waals surface area contributed by atoms with Gasteiger partial charge < -0.3 is 4.74 Å². The van der Waals surface area contributed by atoms with Crippen molar-refractivity contribution >= 4 is 5.97 Å². The molecule has 0 aliphatic carbocycles. The Balaban J connectivity index is 3.71. The zero-order valence-electron chi connectivity index (χ0n) is 12.1. The Bertz CT molecular complexity index is 187. The van der Waals surface area contributed by atoms with E-state index in [2.05, 4.69) is 27.7 Å². The van der Waals surface area contributed by atoms with E-state index in [4.69, 9.17) is 4.74 Å². The van der Waals surface area contributed by atoms with Gasteiger partial charge in [0.15, 0.2) is 0 Å². The molecule has 1 unspecified atom stereocenters. The van der Waals surface area contributed by atoms with Gasteiger partial charge in [-0.2, -0.15) is 0 Å². The van der Waals surface area contributed by atoms with E-state index >= 15 is 0 Å². The SMILES string of the molecule is CCCCCCC(CC)C(=O)OCCC(C)C. The van der Waals surface area contributed by atoms with Gasteiger partial charge in [0.1, 0.15) is 0 Å². The standard InChI is InChI=1S/C15H30O2/c1-5-7-8-9-10-14(6-2)15(16)17-12-11-13(3)4/h13-14H,5-12H2,1-4H3. The largest absolute Gasteiger partial charge is 0.465 e. The molecule has 0 saturated carbocycles. The van der Waals surface area contributed by atoms with Crippen LogP contribution in [0.5, 0.6) is 0 Å². The molecule has 0 aromatic carbocycles. The lowest BCUT2D eigenvalue weighted by molar-refractivity contribution is -0.149. The highest BCUT2D eigenvalue weighted by molar-refractivity contribution is 5.72. The molecule has 0 radical (unpaired) electrons. The van der Waals surface area contributed by atoms with E-state index < -0.39 is 0 Å². The molecular weight excluding hydrogens is 212 g/mol. The summed E-state index contributed by atoms with van der Waals surface area (Å²) in [7, 11) is 0. The van der Waals surface area contributed by atoms with Crippen LogP contribution in [0.4, 0.5) is 0 Å². The molecule has 0 aromatic heterocycles. The van der Waals surface area contributed by atoms with Gasteiger partial charge in [0.25, 0.3) is 0 Å². The number of rotatable bonds is 10. The van der Waals surface area contributed by atoms with Gasteiger partial charge >= 0.3 is 5.97 Å². The van der Waals surface area contributed by atoms with Gasteiger partial charge in [-0.05, 0) is 25.2 Å². The molecule has 102 valence electrons. The topological polar surface area (TPSA) is 26.3 Å². The molecule has 0 fully saturated rings. The first-order valence-corrected chi connectivity index (χ1v) is 7.28. The number of esters is 1. The summed E-state index contributed by atoms with van der Waals surface area (Å²) in [6.45, 7) is 9.17. The van der Waals surface area contributed by atoms with Crippen molar-refractivity contribution in [3.63, 3.8) is 0 Å². The van der Waals surface area contributed by atoms with Crippen LogP contribution in [0.15, 0.2) is 0 Å². The normalized spacial score (nSPS) is 12.8. The minimum atomic E-state index is 0.0182. The quantitative estimate of drug-likeness (QED) is 0.414. The molecule has 0 aromatic rings. The molecule has 0 heterocycles. The highest BCUT2D eigenvalue weighted by Gasteiger charge is 2.17. The van der Waals surface area contributed by atoms with Crippen molar-refractivity contribution in [2.75, 3.05) is 6.61 Å². The molecule has 0 aliphatic rings. The first kappa shape index (κ1) is 16.5. The second-order valence-corrected chi connectivity index (χ2v) is 5.30.